The molecule has 0 fully saturated rings. The largest absolute Gasteiger partial charge is 0.345 e. The van der Waals surface area contributed by atoms with E-state index in [1.54, 1.807) is 6.08 Å². The van der Waals surface area contributed by atoms with Gasteiger partial charge in [0.1, 0.15) is 0 Å². The highest BCUT2D eigenvalue weighted by Gasteiger charge is 2.02. The predicted octanol–water partition coefficient (Wildman–Crippen LogP) is 4.08. The Labute approximate surface area is 98.4 Å². The van der Waals surface area contributed by atoms with Gasteiger partial charge in [-0.1, -0.05) is 36.4 Å². The molecular formula is C15H19N. The molecule has 0 amide bonds. The molecule has 16 heavy (non-hydrogen) atoms. The van der Waals surface area contributed by atoms with Crippen molar-refractivity contribution >= 4 is 5.69 Å². The predicted molar refractivity (Wildman–Crippen MR) is 72.7 cm³/mol. The summed E-state index contributed by atoms with van der Waals surface area (Å²) in [6, 6.07) is 8.48. The van der Waals surface area contributed by atoms with E-state index in [0.717, 1.165) is 5.70 Å². The lowest BCUT2D eigenvalue weighted by Gasteiger charge is -2.20. The number of benzene rings is 1. The standard InChI is InChI=1S/C15H19N/c1-5-7-14(8-6-2)16(4)15-11-9-13(3)10-12-15/h5-12H,1H2,2-4H3/b8-6-,14-7+. The van der Waals surface area contributed by atoms with Crippen LogP contribution in [0, 0.1) is 6.92 Å². The molecule has 0 aliphatic heterocycles. The molecule has 0 aliphatic carbocycles. The molecule has 0 spiro atoms. The number of hydrogen-bond donors (Lipinski definition) is 0. The fourth-order valence-electron chi connectivity index (χ4n) is 1.49. The monoisotopic (exact) mass is 213 g/mol. The van der Waals surface area contributed by atoms with Crippen LogP contribution in [0.3, 0.4) is 0 Å². The zero-order chi connectivity index (χ0) is 12.0. The summed E-state index contributed by atoms with van der Waals surface area (Å²) in [4.78, 5) is 2.14. The second kappa shape index (κ2) is 5.96. The van der Waals surface area contributed by atoms with Crippen LogP contribution in [0.5, 0.6) is 0 Å². The quantitative estimate of drug-likeness (QED) is 0.681. The zero-order valence-corrected chi connectivity index (χ0v) is 10.3. The molecule has 0 atom stereocenters. The lowest BCUT2D eigenvalue weighted by Crippen LogP contribution is -2.14. The molecule has 0 saturated heterocycles. The van der Waals surface area contributed by atoms with E-state index in [4.69, 9.17) is 0 Å². The molecule has 0 aliphatic rings. The van der Waals surface area contributed by atoms with Crippen molar-refractivity contribution in [2.45, 2.75) is 13.8 Å². The molecule has 0 unspecified atom stereocenters. The Morgan fingerprint density at radius 3 is 2.38 bits per heavy atom. The molecular weight excluding hydrogens is 194 g/mol. The summed E-state index contributed by atoms with van der Waals surface area (Å²) >= 11 is 0. The third kappa shape index (κ3) is 3.13. The van der Waals surface area contributed by atoms with Gasteiger partial charge < -0.3 is 4.90 Å². The van der Waals surface area contributed by atoms with E-state index >= 15 is 0 Å². The first-order valence-electron chi connectivity index (χ1n) is 5.45. The van der Waals surface area contributed by atoms with Crippen LogP contribution >= 0.6 is 0 Å². The van der Waals surface area contributed by atoms with Crippen LogP contribution < -0.4 is 4.90 Å². The molecule has 84 valence electrons. The zero-order valence-electron chi connectivity index (χ0n) is 10.3. The van der Waals surface area contributed by atoms with E-state index < -0.39 is 0 Å². The van der Waals surface area contributed by atoms with Gasteiger partial charge in [0.05, 0.1) is 0 Å². The highest BCUT2D eigenvalue weighted by Crippen LogP contribution is 2.18. The number of hydrogen-bond acceptors (Lipinski definition) is 1. The van der Waals surface area contributed by atoms with Gasteiger partial charge in [0, 0.05) is 18.4 Å². The van der Waals surface area contributed by atoms with Crippen molar-refractivity contribution in [3.63, 3.8) is 0 Å². The topological polar surface area (TPSA) is 3.24 Å². The van der Waals surface area contributed by atoms with Crippen molar-refractivity contribution < 1.29 is 0 Å². The summed E-state index contributed by atoms with van der Waals surface area (Å²) in [5.74, 6) is 0. The summed E-state index contributed by atoms with van der Waals surface area (Å²) in [6.07, 6.45) is 7.90. The van der Waals surface area contributed by atoms with Gasteiger partial charge in [0.25, 0.3) is 0 Å². The first-order valence-corrected chi connectivity index (χ1v) is 5.45. The van der Waals surface area contributed by atoms with Crippen LogP contribution in [0.2, 0.25) is 0 Å². The Balaban J connectivity index is 2.98. The normalized spacial score (nSPS) is 11.8. The first-order chi connectivity index (χ1) is 7.69. The molecule has 1 nitrogen and oxygen atoms in total. The van der Waals surface area contributed by atoms with Crippen LogP contribution in [0.15, 0.2) is 60.8 Å². The molecule has 1 rings (SSSR count). The van der Waals surface area contributed by atoms with Gasteiger partial charge >= 0.3 is 0 Å². The Bertz CT molecular complexity index is 396. The maximum absolute atomic E-state index is 3.74. The molecule has 0 saturated carbocycles. The Morgan fingerprint density at radius 1 is 1.25 bits per heavy atom. The minimum atomic E-state index is 1.13. The van der Waals surface area contributed by atoms with Gasteiger partial charge in [-0.3, -0.25) is 0 Å². The number of aryl methyl sites for hydroxylation is 1. The number of anilines is 1. The van der Waals surface area contributed by atoms with Gasteiger partial charge in [-0.05, 0) is 38.1 Å². The summed E-state index contributed by atoms with van der Waals surface area (Å²) in [7, 11) is 2.06. The number of rotatable bonds is 4. The molecule has 0 N–H and O–H groups in total. The Hall–Kier alpha value is -1.76. The average molecular weight is 213 g/mol. The first kappa shape index (κ1) is 12.3. The maximum Gasteiger partial charge on any atom is 0.0408 e. The molecule has 0 radical (unpaired) electrons. The van der Waals surface area contributed by atoms with Crippen molar-refractivity contribution in [1.82, 2.24) is 0 Å². The highest BCUT2D eigenvalue weighted by molar-refractivity contribution is 5.54. The van der Waals surface area contributed by atoms with Crippen LogP contribution in [0.1, 0.15) is 12.5 Å². The second-order valence-corrected chi connectivity index (χ2v) is 3.72. The summed E-state index contributed by atoms with van der Waals surface area (Å²) in [5.41, 5.74) is 3.58. The van der Waals surface area contributed by atoms with Gasteiger partial charge in [-0.15, -0.1) is 0 Å². The smallest absolute Gasteiger partial charge is 0.0408 e. The highest BCUT2D eigenvalue weighted by atomic mass is 15.1. The summed E-state index contributed by atoms with van der Waals surface area (Å²) in [5, 5.41) is 0. The molecule has 1 aromatic carbocycles. The molecule has 0 heterocycles. The fourth-order valence-corrected chi connectivity index (χ4v) is 1.49. The minimum absolute atomic E-state index is 1.13. The third-order valence-electron chi connectivity index (χ3n) is 2.43. The van der Waals surface area contributed by atoms with Gasteiger partial charge in [-0.2, -0.15) is 0 Å². The number of likely N-dealkylation sites (N-methyl/N-ethyl adjacent to an activating group) is 1. The van der Waals surface area contributed by atoms with Crippen LogP contribution in [-0.2, 0) is 0 Å². The van der Waals surface area contributed by atoms with Crippen molar-refractivity contribution in [2.24, 2.45) is 0 Å². The maximum atomic E-state index is 3.74. The van der Waals surface area contributed by atoms with Gasteiger partial charge in [0.15, 0.2) is 0 Å². The van der Waals surface area contributed by atoms with Crippen molar-refractivity contribution in [1.29, 1.82) is 0 Å². The van der Waals surface area contributed by atoms with E-state index in [0.29, 0.717) is 0 Å². The van der Waals surface area contributed by atoms with Crippen molar-refractivity contribution in [2.75, 3.05) is 11.9 Å². The Morgan fingerprint density at radius 2 is 1.88 bits per heavy atom. The van der Waals surface area contributed by atoms with Crippen LogP contribution in [0.4, 0.5) is 5.69 Å². The number of allylic oxidation sites excluding steroid dienone is 4. The second-order valence-electron chi connectivity index (χ2n) is 3.72. The molecule has 1 heteroatoms. The van der Waals surface area contributed by atoms with E-state index in [1.807, 2.05) is 19.1 Å². The average Bonchev–Trinajstić information content (AvgIpc) is 2.29. The summed E-state index contributed by atoms with van der Waals surface area (Å²) < 4.78 is 0. The van der Waals surface area contributed by atoms with Gasteiger partial charge in [-0.25, -0.2) is 0 Å². The van der Waals surface area contributed by atoms with Crippen molar-refractivity contribution in [3.8, 4) is 0 Å². The van der Waals surface area contributed by atoms with Crippen molar-refractivity contribution in [3.05, 3.63) is 66.4 Å². The molecule has 0 bridgehead atoms. The van der Waals surface area contributed by atoms with Crippen LogP contribution in [-0.4, -0.2) is 7.05 Å². The van der Waals surface area contributed by atoms with E-state index in [2.05, 4.69) is 55.8 Å². The molecule has 0 aromatic heterocycles. The fraction of sp³-hybridized carbons (Fsp3) is 0.200. The number of nitrogens with zero attached hydrogens (tertiary/aromatic N) is 1. The lowest BCUT2D eigenvalue weighted by atomic mass is 10.2. The minimum Gasteiger partial charge on any atom is -0.345 e. The lowest BCUT2D eigenvalue weighted by molar-refractivity contribution is 1.13. The van der Waals surface area contributed by atoms with Gasteiger partial charge in [0.2, 0.25) is 0 Å². The van der Waals surface area contributed by atoms with Crippen LogP contribution in [0.25, 0.3) is 0 Å². The SMILES string of the molecule is C=C/C=C(\C=C/C)N(C)c1ccc(C)cc1. The molecule has 1 aromatic rings. The van der Waals surface area contributed by atoms with E-state index in [9.17, 15) is 0 Å². The Kier molecular flexibility index (Phi) is 4.59. The summed E-state index contributed by atoms with van der Waals surface area (Å²) in [6.45, 7) is 7.84. The van der Waals surface area contributed by atoms with E-state index in [1.165, 1.54) is 11.3 Å². The third-order valence-corrected chi connectivity index (χ3v) is 2.43. The van der Waals surface area contributed by atoms with E-state index in [-0.39, 0.29) is 0 Å².